The Hall–Kier alpha value is -2.94. The molecule has 2 aliphatic heterocycles. The molecule has 0 bridgehead atoms. The lowest BCUT2D eigenvalue weighted by molar-refractivity contribution is -0.121. The summed E-state index contributed by atoms with van der Waals surface area (Å²) < 4.78 is 45.6. The smallest absolute Gasteiger partial charge is 0.318 e. The number of urea groups is 1. The Kier molecular flexibility index (Phi) is 5.25. The SMILES string of the molecule is Cc1ccc2c(c1Oc1cc(F)ccc1Cl)N(C)C(=O)[C@H](NC(=O)N1CC(F)(F)C1)C2. The van der Waals surface area contributed by atoms with Gasteiger partial charge in [0.2, 0.25) is 5.91 Å². The van der Waals surface area contributed by atoms with Crippen molar-refractivity contribution in [2.24, 2.45) is 0 Å². The summed E-state index contributed by atoms with van der Waals surface area (Å²) in [5.74, 6) is -3.39. The van der Waals surface area contributed by atoms with Crippen molar-refractivity contribution in [2.45, 2.75) is 25.3 Å². The number of benzene rings is 2. The third kappa shape index (κ3) is 4.01. The summed E-state index contributed by atoms with van der Waals surface area (Å²) in [6, 6.07) is 5.68. The van der Waals surface area contributed by atoms with Crippen molar-refractivity contribution in [3.63, 3.8) is 0 Å². The molecule has 1 fully saturated rings. The van der Waals surface area contributed by atoms with Crippen molar-refractivity contribution in [1.29, 1.82) is 0 Å². The maximum absolute atomic E-state index is 13.7. The predicted molar refractivity (Wildman–Crippen MR) is 109 cm³/mol. The van der Waals surface area contributed by atoms with Gasteiger partial charge in [0, 0.05) is 19.5 Å². The van der Waals surface area contributed by atoms with Gasteiger partial charge in [0.15, 0.2) is 5.75 Å². The Bertz CT molecular complexity index is 1070. The van der Waals surface area contributed by atoms with Crippen LogP contribution in [0.3, 0.4) is 0 Å². The van der Waals surface area contributed by atoms with Crippen molar-refractivity contribution >= 4 is 29.2 Å². The molecule has 2 aliphatic rings. The van der Waals surface area contributed by atoms with Gasteiger partial charge in [-0.2, -0.15) is 0 Å². The molecule has 0 aliphatic carbocycles. The van der Waals surface area contributed by atoms with E-state index in [1.54, 1.807) is 19.1 Å². The zero-order valence-electron chi connectivity index (χ0n) is 16.7. The molecular weight excluding hydrogens is 435 g/mol. The summed E-state index contributed by atoms with van der Waals surface area (Å²) in [4.78, 5) is 27.4. The number of ether oxygens (including phenoxy) is 1. The second kappa shape index (κ2) is 7.64. The summed E-state index contributed by atoms with van der Waals surface area (Å²) in [7, 11) is 1.52. The molecule has 164 valence electrons. The van der Waals surface area contributed by atoms with Crippen molar-refractivity contribution in [3.8, 4) is 11.5 Å². The van der Waals surface area contributed by atoms with Crippen LogP contribution in [-0.4, -0.2) is 48.9 Å². The highest BCUT2D eigenvalue weighted by Gasteiger charge is 2.47. The lowest BCUT2D eigenvalue weighted by atomic mass is 9.95. The van der Waals surface area contributed by atoms with E-state index in [2.05, 4.69) is 5.32 Å². The second-order valence-electron chi connectivity index (χ2n) is 7.71. The Morgan fingerprint density at radius 3 is 2.65 bits per heavy atom. The topological polar surface area (TPSA) is 61.9 Å². The second-order valence-corrected chi connectivity index (χ2v) is 8.12. The molecule has 0 unspecified atom stereocenters. The molecule has 2 aromatic rings. The number of alkyl halides is 2. The molecule has 1 atom stereocenters. The van der Waals surface area contributed by atoms with Gasteiger partial charge in [-0.3, -0.25) is 4.79 Å². The Labute approximate surface area is 181 Å². The minimum atomic E-state index is -2.89. The first-order valence-corrected chi connectivity index (χ1v) is 9.90. The number of hydrogen-bond acceptors (Lipinski definition) is 3. The maximum atomic E-state index is 13.7. The quantitative estimate of drug-likeness (QED) is 0.760. The average molecular weight is 454 g/mol. The van der Waals surface area contributed by atoms with E-state index in [9.17, 15) is 22.8 Å². The van der Waals surface area contributed by atoms with Gasteiger partial charge in [-0.05, 0) is 30.2 Å². The number of rotatable bonds is 3. The number of fused-ring (bicyclic) bond motifs is 1. The van der Waals surface area contributed by atoms with Gasteiger partial charge < -0.3 is 19.9 Å². The molecule has 2 heterocycles. The van der Waals surface area contributed by atoms with Crippen molar-refractivity contribution in [3.05, 3.63) is 52.3 Å². The van der Waals surface area contributed by atoms with Crippen LogP contribution in [0.15, 0.2) is 30.3 Å². The van der Waals surface area contributed by atoms with Crippen LogP contribution in [-0.2, 0) is 11.2 Å². The van der Waals surface area contributed by atoms with Crippen LogP contribution in [0, 0.1) is 12.7 Å². The summed E-state index contributed by atoms with van der Waals surface area (Å²) in [5, 5.41) is 2.74. The van der Waals surface area contributed by atoms with Crippen LogP contribution in [0.4, 0.5) is 23.7 Å². The van der Waals surface area contributed by atoms with Crippen molar-refractivity contribution in [1.82, 2.24) is 10.2 Å². The predicted octanol–water partition coefficient (Wildman–Crippen LogP) is 4.13. The van der Waals surface area contributed by atoms with Crippen molar-refractivity contribution in [2.75, 3.05) is 25.0 Å². The number of nitrogens with zero attached hydrogens (tertiary/aromatic N) is 2. The molecule has 3 amide bonds. The van der Waals surface area contributed by atoms with E-state index in [4.69, 9.17) is 16.3 Å². The number of likely N-dealkylation sites (N-methyl/N-ethyl adjacent to an activating group) is 1. The van der Waals surface area contributed by atoms with E-state index in [1.165, 1.54) is 24.1 Å². The van der Waals surface area contributed by atoms with Gasteiger partial charge in [0.1, 0.15) is 17.6 Å². The third-order valence-electron chi connectivity index (χ3n) is 5.33. The zero-order chi connectivity index (χ0) is 22.5. The fraction of sp³-hybridized carbons (Fsp3) is 0.333. The van der Waals surface area contributed by atoms with Gasteiger partial charge in [0.05, 0.1) is 23.8 Å². The Morgan fingerprint density at radius 2 is 1.97 bits per heavy atom. The first-order chi connectivity index (χ1) is 14.6. The summed E-state index contributed by atoms with van der Waals surface area (Å²) in [6.45, 7) is 0.439. The number of carbonyl (C=O) groups is 2. The third-order valence-corrected chi connectivity index (χ3v) is 5.65. The van der Waals surface area contributed by atoms with Crippen LogP contribution in [0.2, 0.25) is 5.02 Å². The van der Waals surface area contributed by atoms with Crippen LogP contribution >= 0.6 is 11.6 Å². The number of amides is 3. The van der Waals surface area contributed by atoms with Gasteiger partial charge in [-0.1, -0.05) is 23.7 Å². The molecular formula is C21H19ClF3N3O3. The van der Waals surface area contributed by atoms with E-state index in [-0.39, 0.29) is 17.2 Å². The molecule has 1 saturated heterocycles. The zero-order valence-corrected chi connectivity index (χ0v) is 17.5. The number of likely N-dealkylation sites (tertiary alicyclic amines) is 1. The molecule has 0 saturated carbocycles. The van der Waals surface area contributed by atoms with E-state index in [0.29, 0.717) is 22.6 Å². The molecule has 10 heteroatoms. The number of carbonyl (C=O) groups excluding carboxylic acids is 2. The minimum Gasteiger partial charge on any atom is -0.453 e. The van der Waals surface area contributed by atoms with Crippen molar-refractivity contribution < 1.29 is 27.5 Å². The van der Waals surface area contributed by atoms with Crippen LogP contribution in [0.5, 0.6) is 11.5 Å². The van der Waals surface area contributed by atoms with Gasteiger partial charge in [0.25, 0.3) is 5.92 Å². The van der Waals surface area contributed by atoms with Gasteiger partial charge in [-0.15, -0.1) is 0 Å². The molecule has 1 N–H and O–H groups in total. The number of halogens is 4. The number of nitrogens with one attached hydrogen (secondary N) is 1. The molecule has 2 aromatic carbocycles. The summed E-state index contributed by atoms with van der Waals surface area (Å²) in [5.41, 5.74) is 1.88. The fourth-order valence-corrected chi connectivity index (χ4v) is 3.86. The lowest BCUT2D eigenvalue weighted by Crippen LogP contribution is -2.63. The highest BCUT2D eigenvalue weighted by atomic mass is 35.5. The first kappa shape index (κ1) is 21.3. The molecule has 0 spiro atoms. The molecule has 0 radical (unpaired) electrons. The standard InChI is InChI=1S/C21H19ClF3N3O3/c1-11-3-4-12-7-15(26-20(30)28-9-21(24,25)10-28)19(29)27(2)17(12)18(11)31-16-8-13(23)5-6-14(16)22/h3-6,8,15H,7,9-10H2,1-2H3,(H,26,30)/t15-/m1/s1. The largest absolute Gasteiger partial charge is 0.453 e. The van der Waals surface area contributed by atoms with E-state index < -0.39 is 42.8 Å². The molecule has 31 heavy (non-hydrogen) atoms. The minimum absolute atomic E-state index is 0.105. The number of aryl methyl sites for hydroxylation is 1. The number of hydrogen-bond donors (Lipinski definition) is 1. The Balaban J connectivity index is 1.60. The fourth-order valence-electron chi connectivity index (χ4n) is 3.70. The van der Waals surface area contributed by atoms with Gasteiger partial charge >= 0.3 is 6.03 Å². The monoisotopic (exact) mass is 453 g/mol. The average Bonchev–Trinajstić information content (AvgIpc) is 2.68. The van der Waals surface area contributed by atoms with E-state index in [1.807, 2.05) is 0 Å². The normalized spacial score (nSPS) is 19.5. The highest BCUT2D eigenvalue weighted by Crippen LogP contribution is 2.42. The molecule has 4 rings (SSSR count). The first-order valence-electron chi connectivity index (χ1n) is 9.52. The van der Waals surface area contributed by atoms with E-state index >= 15 is 0 Å². The molecule has 0 aromatic heterocycles. The van der Waals surface area contributed by atoms with Crippen LogP contribution in [0.1, 0.15) is 11.1 Å². The Morgan fingerprint density at radius 1 is 1.26 bits per heavy atom. The van der Waals surface area contributed by atoms with Crippen LogP contribution < -0.4 is 15.0 Å². The highest BCUT2D eigenvalue weighted by molar-refractivity contribution is 6.32. The number of anilines is 1. The van der Waals surface area contributed by atoms with Crippen LogP contribution in [0.25, 0.3) is 0 Å². The van der Waals surface area contributed by atoms with Gasteiger partial charge in [-0.25, -0.2) is 18.0 Å². The van der Waals surface area contributed by atoms with E-state index in [0.717, 1.165) is 11.0 Å². The molecule has 6 nitrogen and oxygen atoms in total. The maximum Gasteiger partial charge on any atom is 0.318 e. The summed E-state index contributed by atoms with van der Waals surface area (Å²) >= 11 is 6.12. The summed E-state index contributed by atoms with van der Waals surface area (Å²) in [6.07, 6.45) is 0.155. The lowest BCUT2D eigenvalue weighted by Gasteiger charge is -2.40.